The highest BCUT2D eigenvalue weighted by atomic mass is 16.1. The van der Waals surface area contributed by atoms with Crippen LogP contribution >= 0.6 is 0 Å². The molecule has 2 aromatic heterocycles. The second kappa shape index (κ2) is 8.25. The maximum absolute atomic E-state index is 12.4. The van der Waals surface area contributed by atoms with Crippen molar-refractivity contribution >= 4 is 22.6 Å². The number of likely N-dealkylation sites (tertiary alicyclic amines) is 1. The van der Waals surface area contributed by atoms with E-state index in [9.17, 15) is 4.79 Å². The van der Waals surface area contributed by atoms with Crippen LogP contribution in [0.5, 0.6) is 0 Å². The predicted octanol–water partition coefficient (Wildman–Crippen LogP) is 4.10. The van der Waals surface area contributed by atoms with E-state index >= 15 is 0 Å². The Bertz CT molecular complexity index is 1370. The molecule has 34 heavy (non-hydrogen) atoms. The minimum atomic E-state index is -0.554. The van der Waals surface area contributed by atoms with Gasteiger partial charge in [0.15, 0.2) is 0 Å². The van der Waals surface area contributed by atoms with Crippen molar-refractivity contribution in [2.45, 2.75) is 25.3 Å². The van der Waals surface area contributed by atoms with Crippen molar-refractivity contribution in [3.63, 3.8) is 0 Å². The van der Waals surface area contributed by atoms with Crippen molar-refractivity contribution in [1.82, 2.24) is 19.7 Å². The third kappa shape index (κ3) is 3.62. The number of amides is 1. The Morgan fingerprint density at radius 2 is 1.76 bits per heavy atom. The summed E-state index contributed by atoms with van der Waals surface area (Å²) in [7, 11) is 0. The van der Waals surface area contributed by atoms with Crippen molar-refractivity contribution in [1.29, 1.82) is 0 Å². The molecule has 2 aromatic carbocycles. The SMILES string of the molecule is NC(=O)c1c(-c2ccc3ccc(-c4ccccc4)nc3c2)nn([C@H]2C[C@H](CN3CCC3)C2)c1N. The molecule has 0 radical (unpaired) electrons. The Labute approximate surface area is 198 Å². The van der Waals surface area contributed by atoms with Gasteiger partial charge in [-0.25, -0.2) is 9.67 Å². The lowest BCUT2D eigenvalue weighted by atomic mass is 9.79. The molecule has 7 nitrogen and oxygen atoms in total. The van der Waals surface area contributed by atoms with Crippen molar-refractivity contribution in [2.24, 2.45) is 11.7 Å². The van der Waals surface area contributed by atoms with Crippen LogP contribution in [0.25, 0.3) is 33.4 Å². The van der Waals surface area contributed by atoms with Crippen LogP contribution in [0.3, 0.4) is 0 Å². The predicted molar refractivity (Wildman–Crippen MR) is 134 cm³/mol. The van der Waals surface area contributed by atoms with Crippen LogP contribution in [-0.4, -0.2) is 45.2 Å². The van der Waals surface area contributed by atoms with Gasteiger partial charge in [-0.2, -0.15) is 5.10 Å². The first-order valence-corrected chi connectivity index (χ1v) is 11.9. The molecule has 0 bridgehead atoms. The van der Waals surface area contributed by atoms with Crippen molar-refractivity contribution < 1.29 is 4.79 Å². The number of fused-ring (bicyclic) bond motifs is 1. The van der Waals surface area contributed by atoms with Gasteiger partial charge in [0.05, 0.1) is 17.3 Å². The summed E-state index contributed by atoms with van der Waals surface area (Å²) in [5.41, 5.74) is 16.6. The Balaban J connectivity index is 1.34. The molecule has 4 N–H and O–H groups in total. The standard InChI is InChI=1S/C27H28N6O/c28-26-24(27(29)34)25(31-33(26)21-13-17(14-21)16-32-11-4-12-32)20-8-7-19-9-10-22(30-23(19)15-20)18-5-2-1-3-6-18/h1-3,5-10,15,17,21H,4,11-14,16,28H2,(H2,29,34)/t17-,21-. The van der Waals surface area contributed by atoms with Gasteiger partial charge in [0.25, 0.3) is 5.91 Å². The number of carbonyl (C=O) groups is 1. The number of primary amides is 1. The van der Waals surface area contributed by atoms with Crippen LogP contribution in [0.2, 0.25) is 0 Å². The van der Waals surface area contributed by atoms with Gasteiger partial charge < -0.3 is 16.4 Å². The van der Waals surface area contributed by atoms with Gasteiger partial charge in [-0.05, 0) is 50.4 Å². The molecular weight excluding hydrogens is 424 g/mol. The Morgan fingerprint density at radius 3 is 2.47 bits per heavy atom. The minimum Gasteiger partial charge on any atom is -0.383 e. The summed E-state index contributed by atoms with van der Waals surface area (Å²) < 4.78 is 1.82. The average molecular weight is 453 g/mol. The zero-order valence-corrected chi connectivity index (χ0v) is 19.0. The molecule has 6 rings (SSSR count). The van der Waals surface area contributed by atoms with Gasteiger partial charge in [0.2, 0.25) is 0 Å². The molecular formula is C27H28N6O. The molecule has 1 saturated heterocycles. The van der Waals surface area contributed by atoms with Gasteiger partial charge in [-0.15, -0.1) is 0 Å². The highest BCUT2D eigenvalue weighted by molar-refractivity contribution is 6.04. The lowest BCUT2D eigenvalue weighted by Crippen LogP contribution is -2.44. The molecule has 1 aliphatic carbocycles. The van der Waals surface area contributed by atoms with Gasteiger partial charge in [-0.3, -0.25) is 4.79 Å². The van der Waals surface area contributed by atoms with Crippen molar-refractivity contribution in [3.8, 4) is 22.5 Å². The molecule has 4 aromatic rings. The minimum absolute atomic E-state index is 0.210. The molecule has 7 heteroatoms. The molecule has 0 unspecified atom stereocenters. The number of nitrogens with zero attached hydrogens (tertiary/aromatic N) is 4. The molecule has 3 heterocycles. The number of rotatable bonds is 6. The zero-order chi connectivity index (χ0) is 23.2. The Hall–Kier alpha value is -3.71. The number of hydrogen-bond acceptors (Lipinski definition) is 5. The van der Waals surface area contributed by atoms with Crippen LogP contribution in [0, 0.1) is 5.92 Å². The number of pyridine rings is 1. The number of anilines is 1. The van der Waals surface area contributed by atoms with E-state index in [1.807, 2.05) is 59.3 Å². The maximum Gasteiger partial charge on any atom is 0.254 e. The first-order valence-electron chi connectivity index (χ1n) is 11.9. The summed E-state index contributed by atoms with van der Waals surface area (Å²) in [6, 6.07) is 20.3. The third-order valence-corrected chi connectivity index (χ3v) is 7.25. The fourth-order valence-corrected chi connectivity index (χ4v) is 5.18. The molecule has 2 aliphatic rings. The number of aromatic nitrogens is 3. The maximum atomic E-state index is 12.4. The monoisotopic (exact) mass is 452 g/mol. The topological polar surface area (TPSA) is 103 Å². The lowest BCUT2D eigenvalue weighted by molar-refractivity contribution is 0.0873. The summed E-state index contributed by atoms with van der Waals surface area (Å²) >= 11 is 0. The number of nitrogens with two attached hydrogens (primary N) is 2. The lowest BCUT2D eigenvalue weighted by Gasteiger charge is -2.41. The van der Waals surface area contributed by atoms with Gasteiger partial charge >= 0.3 is 0 Å². The summed E-state index contributed by atoms with van der Waals surface area (Å²) in [5, 5.41) is 5.83. The fourth-order valence-electron chi connectivity index (χ4n) is 5.18. The van der Waals surface area contributed by atoms with E-state index in [0.717, 1.165) is 47.1 Å². The molecule has 0 spiro atoms. The fraction of sp³-hybridized carbons (Fsp3) is 0.296. The molecule has 1 saturated carbocycles. The van der Waals surface area contributed by atoms with E-state index in [1.165, 1.54) is 19.5 Å². The van der Waals surface area contributed by atoms with Crippen LogP contribution in [0.1, 0.15) is 35.7 Å². The molecule has 0 atom stereocenters. The molecule has 2 fully saturated rings. The molecule has 172 valence electrons. The van der Waals surface area contributed by atoms with E-state index < -0.39 is 5.91 Å². The van der Waals surface area contributed by atoms with E-state index in [4.69, 9.17) is 21.5 Å². The van der Waals surface area contributed by atoms with Gasteiger partial charge in [0, 0.05) is 23.1 Å². The second-order valence-electron chi connectivity index (χ2n) is 9.53. The number of hydrogen-bond donors (Lipinski definition) is 2. The second-order valence-corrected chi connectivity index (χ2v) is 9.53. The van der Waals surface area contributed by atoms with Crippen LogP contribution in [0.15, 0.2) is 60.7 Å². The Kier molecular flexibility index (Phi) is 5.07. The van der Waals surface area contributed by atoms with Gasteiger partial charge in [-0.1, -0.05) is 48.5 Å². The number of benzene rings is 2. The summed E-state index contributed by atoms with van der Waals surface area (Å²) in [5.74, 6) is 0.470. The first kappa shape index (κ1) is 20.9. The summed E-state index contributed by atoms with van der Waals surface area (Å²) in [4.78, 5) is 19.7. The third-order valence-electron chi connectivity index (χ3n) is 7.25. The molecule has 1 amide bonds. The number of carbonyl (C=O) groups excluding carboxylic acids is 1. The average Bonchev–Trinajstić information content (AvgIpc) is 3.13. The highest BCUT2D eigenvalue weighted by Crippen LogP contribution is 2.42. The van der Waals surface area contributed by atoms with Crippen LogP contribution < -0.4 is 11.5 Å². The largest absolute Gasteiger partial charge is 0.383 e. The molecule has 1 aliphatic heterocycles. The van der Waals surface area contributed by atoms with E-state index in [-0.39, 0.29) is 6.04 Å². The first-order chi connectivity index (χ1) is 16.6. The van der Waals surface area contributed by atoms with Crippen molar-refractivity contribution in [2.75, 3.05) is 25.4 Å². The van der Waals surface area contributed by atoms with Crippen LogP contribution in [0.4, 0.5) is 5.82 Å². The summed E-state index contributed by atoms with van der Waals surface area (Å²) in [6.45, 7) is 3.57. The zero-order valence-electron chi connectivity index (χ0n) is 19.0. The highest BCUT2D eigenvalue weighted by Gasteiger charge is 2.36. The Morgan fingerprint density at radius 1 is 1.00 bits per heavy atom. The normalized spacial score (nSPS) is 20.1. The van der Waals surface area contributed by atoms with Gasteiger partial charge in [0.1, 0.15) is 17.1 Å². The van der Waals surface area contributed by atoms with E-state index in [2.05, 4.69) is 11.0 Å². The smallest absolute Gasteiger partial charge is 0.254 e. The summed E-state index contributed by atoms with van der Waals surface area (Å²) in [6.07, 6.45) is 3.36. The van der Waals surface area contributed by atoms with E-state index in [1.54, 1.807) is 0 Å². The van der Waals surface area contributed by atoms with Crippen molar-refractivity contribution in [3.05, 3.63) is 66.2 Å². The quantitative estimate of drug-likeness (QED) is 0.458. The van der Waals surface area contributed by atoms with Crippen LogP contribution in [-0.2, 0) is 0 Å². The number of nitrogen functional groups attached to an aromatic ring is 1. The van der Waals surface area contributed by atoms with E-state index in [0.29, 0.717) is 23.0 Å².